The van der Waals surface area contributed by atoms with E-state index in [4.69, 9.17) is 4.74 Å². The maximum atomic E-state index is 13.4. The van der Waals surface area contributed by atoms with Gasteiger partial charge in [-0.2, -0.15) is 0 Å². The number of amides is 1. The van der Waals surface area contributed by atoms with Crippen molar-refractivity contribution in [2.75, 3.05) is 5.32 Å². The lowest BCUT2D eigenvalue weighted by atomic mass is 9.84. The van der Waals surface area contributed by atoms with Crippen LogP contribution in [-0.2, 0) is 14.3 Å². The number of nitro benzene ring substituents is 1. The van der Waals surface area contributed by atoms with Crippen LogP contribution in [0.1, 0.15) is 37.9 Å². The summed E-state index contributed by atoms with van der Waals surface area (Å²) in [5.41, 5.74) is -0.00361. The molecular weight excluding hydrogens is 456 g/mol. The molecule has 3 aromatic carbocycles. The van der Waals surface area contributed by atoms with Crippen LogP contribution < -0.4 is 5.32 Å². The summed E-state index contributed by atoms with van der Waals surface area (Å²) in [6, 6.07) is 15.5. The van der Waals surface area contributed by atoms with Crippen molar-refractivity contribution in [3.8, 4) is 5.75 Å². The number of cyclic esters (lactones) is 1. The number of ketones is 2. The highest BCUT2D eigenvalue weighted by Crippen LogP contribution is 2.39. The average molecular weight is 474 g/mol. The van der Waals surface area contributed by atoms with Gasteiger partial charge < -0.3 is 15.2 Å². The van der Waals surface area contributed by atoms with E-state index < -0.39 is 51.8 Å². The summed E-state index contributed by atoms with van der Waals surface area (Å²) < 4.78 is 5.33. The number of ether oxygens (including phenoxy) is 1. The third-order valence-corrected chi connectivity index (χ3v) is 5.58. The summed E-state index contributed by atoms with van der Waals surface area (Å²) in [7, 11) is 0. The standard InChI is InChI=1S/C25H18N2O8/c1-13-10-11-17(18(12-13)27(33)34)26-24(31)22(30)20(21(29)16-8-4-5-9-19(16)28)23-14-6-2-3-7-15(14)25(32)35-23/h2-12,20,23,28H,1H3,(H,26,31)/t20-,23-/m0/s1. The fraction of sp³-hybridized carbons (Fsp3) is 0.120. The zero-order chi connectivity index (χ0) is 25.3. The van der Waals surface area contributed by atoms with E-state index in [1.807, 2.05) is 0 Å². The number of anilines is 1. The van der Waals surface area contributed by atoms with Gasteiger partial charge in [0, 0.05) is 11.6 Å². The van der Waals surface area contributed by atoms with Crippen molar-refractivity contribution < 1.29 is 33.9 Å². The number of fused-ring (bicyclic) bond motifs is 1. The number of esters is 1. The molecule has 0 saturated heterocycles. The summed E-state index contributed by atoms with van der Waals surface area (Å²) in [6.07, 6.45) is -1.43. The zero-order valence-electron chi connectivity index (χ0n) is 18.3. The molecule has 0 spiro atoms. The molecule has 2 atom stereocenters. The fourth-order valence-corrected chi connectivity index (χ4v) is 3.89. The molecule has 0 unspecified atom stereocenters. The van der Waals surface area contributed by atoms with E-state index in [2.05, 4.69) is 5.32 Å². The number of aromatic hydroxyl groups is 1. The minimum absolute atomic E-state index is 0.134. The summed E-state index contributed by atoms with van der Waals surface area (Å²) in [5, 5.41) is 23.8. The van der Waals surface area contributed by atoms with Crippen molar-refractivity contribution in [1.82, 2.24) is 0 Å². The molecule has 2 N–H and O–H groups in total. The number of nitrogens with one attached hydrogen (secondary N) is 1. The predicted molar refractivity (Wildman–Crippen MR) is 122 cm³/mol. The van der Waals surface area contributed by atoms with Crippen molar-refractivity contribution in [2.24, 2.45) is 5.92 Å². The molecule has 0 saturated carbocycles. The Hall–Kier alpha value is -4.86. The Kier molecular flexibility index (Phi) is 6.11. The van der Waals surface area contributed by atoms with Crippen molar-refractivity contribution in [1.29, 1.82) is 0 Å². The van der Waals surface area contributed by atoms with Crippen LogP contribution in [0.2, 0.25) is 0 Å². The van der Waals surface area contributed by atoms with Crippen LogP contribution in [0.5, 0.6) is 5.75 Å². The zero-order valence-corrected chi connectivity index (χ0v) is 18.3. The van der Waals surface area contributed by atoms with Gasteiger partial charge in [-0.25, -0.2) is 4.79 Å². The Bertz CT molecular complexity index is 1400. The number of nitro groups is 1. The van der Waals surface area contributed by atoms with Crippen LogP contribution in [-0.4, -0.2) is 33.5 Å². The number of nitrogens with zero attached hydrogens (tertiary/aromatic N) is 1. The number of phenols is 1. The van der Waals surface area contributed by atoms with E-state index in [0.29, 0.717) is 5.56 Å². The van der Waals surface area contributed by atoms with E-state index in [0.717, 1.165) is 0 Å². The summed E-state index contributed by atoms with van der Waals surface area (Å²) >= 11 is 0. The molecule has 0 aromatic heterocycles. The number of para-hydroxylation sites is 1. The number of carbonyl (C=O) groups is 4. The van der Waals surface area contributed by atoms with Crippen LogP contribution in [0.3, 0.4) is 0 Å². The van der Waals surface area contributed by atoms with Crippen molar-refractivity contribution in [3.05, 3.63) is 99.1 Å². The SMILES string of the molecule is Cc1ccc(NC(=O)C(=O)[C@H](C(=O)c2ccccc2O)[C@H]2OC(=O)c3ccccc32)c([N+](=O)[O-])c1. The Morgan fingerprint density at radius 3 is 2.46 bits per heavy atom. The molecule has 10 nitrogen and oxygen atoms in total. The normalized spacial score (nSPS) is 15.0. The first-order valence-corrected chi connectivity index (χ1v) is 10.4. The average Bonchev–Trinajstić information content (AvgIpc) is 3.16. The molecule has 0 radical (unpaired) electrons. The Balaban J connectivity index is 1.75. The number of Topliss-reactive ketones (excluding diaryl/α,β-unsaturated/α-hetero) is 2. The first kappa shape index (κ1) is 23.3. The van der Waals surface area contributed by atoms with E-state index in [1.54, 1.807) is 19.1 Å². The van der Waals surface area contributed by atoms with Crippen LogP contribution >= 0.6 is 0 Å². The van der Waals surface area contributed by atoms with Crippen LogP contribution in [0, 0.1) is 23.0 Å². The van der Waals surface area contributed by atoms with Crippen LogP contribution in [0.25, 0.3) is 0 Å². The number of hydrogen-bond acceptors (Lipinski definition) is 8. The van der Waals surface area contributed by atoms with E-state index in [9.17, 15) is 34.4 Å². The van der Waals surface area contributed by atoms with E-state index in [-0.39, 0.29) is 22.4 Å². The monoisotopic (exact) mass is 474 g/mol. The maximum Gasteiger partial charge on any atom is 0.339 e. The van der Waals surface area contributed by atoms with Crippen molar-refractivity contribution >= 4 is 34.8 Å². The molecule has 1 heterocycles. The first-order chi connectivity index (χ1) is 16.7. The van der Waals surface area contributed by atoms with Gasteiger partial charge in [0.05, 0.1) is 16.1 Å². The van der Waals surface area contributed by atoms with Gasteiger partial charge in [0.1, 0.15) is 23.5 Å². The molecule has 0 fully saturated rings. The minimum Gasteiger partial charge on any atom is -0.507 e. The molecule has 10 heteroatoms. The predicted octanol–water partition coefficient (Wildman–Crippen LogP) is 3.53. The van der Waals surface area contributed by atoms with E-state index >= 15 is 0 Å². The molecule has 35 heavy (non-hydrogen) atoms. The van der Waals surface area contributed by atoms with E-state index in [1.165, 1.54) is 54.6 Å². The molecule has 1 aliphatic heterocycles. The second-order valence-electron chi connectivity index (χ2n) is 7.87. The molecule has 1 amide bonds. The van der Waals surface area contributed by atoms with Crippen LogP contribution in [0.15, 0.2) is 66.7 Å². The molecule has 0 bridgehead atoms. The second-order valence-corrected chi connectivity index (χ2v) is 7.87. The van der Waals surface area contributed by atoms with Crippen LogP contribution in [0.4, 0.5) is 11.4 Å². The largest absolute Gasteiger partial charge is 0.507 e. The lowest BCUT2D eigenvalue weighted by Crippen LogP contribution is -2.38. The molecular formula is C25H18N2O8. The van der Waals surface area contributed by atoms with Crippen molar-refractivity contribution in [2.45, 2.75) is 13.0 Å². The maximum absolute atomic E-state index is 13.4. The van der Waals surface area contributed by atoms with Crippen molar-refractivity contribution in [3.63, 3.8) is 0 Å². The first-order valence-electron chi connectivity index (χ1n) is 10.4. The Morgan fingerprint density at radius 2 is 1.74 bits per heavy atom. The Morgan fingerprint density at radius 1 is 1.06 bits per heavy atom. The number of hydrogen-bond donors (Lipinski definition) is 2. The highest BCUT2D eigenvalue weighted by atomic mass is 16.6. The second kappa shape index (κ2) is 9.18. The lowest BCUT2D eigenvalue weighted by Gasteiger charge is -2.21. The van der Waals surface area contributed by atoms with Gasteiger partial charge in [-0.1, -0.05) is 36.4 Å². The van der Waals surface area contributed by atoms with Gasteiger partial charge in [-0.3, -0.25) is 24.5 Å². The van der Waals surface area contributed by atoms with Gasteiger partial charge in [0.15, 0.2) is 5.78 Å². The highest BCUT2D eigenvalue weighted by molar-refractivity contribution is 6.45. The van der Waals surface area contributed by atoms with Gasteiger partial charge in [0.25, 0.3) is 11.6 Å². The number of phenolic OH excluding ortho intramolecular Hbond substituents is 1. The van der Waals surface area contributed by atoms with Gasteiger partial charge >= 0.3 is 5.97 Å². The van der Waals surface area contributed by atoms with Gasteiger partial charge in [0.2, 0.25) is 5.78 Å². The van der Waals surface area contributed by atoms with Gasteiger partial charge in [-0.05, 0) is 36.8 Å². The Labute approximate surface area is 198 Å². The molecule has 0 aliphatic carbocycles. The lowest BCUT2D eigenvalue weighted by molar-refractivity contribution is -0.384. The molecule has 1 aliphatic rings. The highest BCUT2D eigenvalue weighted by Gasteiger charge is 2.46. The summed E-state index contributed by atoms with van der Waals surface area (Å²) in [5.74, 6) is -6.60. The molecule has 176 valence electrons. The molecule has 3 aromatic rings. The fourth-order valence-electron chi connectivity index (χ4n) is 3.89. The topological polar surface area (TPSA) is 153 Å². The third-order valence-electron chi connectivity index (χ3n) is 5.58. The summed E-state index contributed by atoms with van der Waals surface area (Å²) in [4.78, 5) is 62.8. The molecule has 4 rings (SSSR count). The number of rotatable bonds is 7. The quantitative estimate of drug-likeness (QED) is 0.132. The van der Waals surface area contributed by atoms with Gasteiger partial charge in [-0.15, -0.1) is 0 Å². The number of carbonyl (C=O) groups excluding carboxylic acids is 4. The summed E-state index contributed by atoms with van der Waals surface area (Å²) in [6.45, 7) is 1.62. The minimum atomic E-state index is -1.85. The number of aryl methyl sites for hydroxylation is 1. The third kappa shape index (κ3) is 4.36. The number of benzene rings is 3. The smallest absolute Gasteiger partial charge is 0.339 e.